The van der Waals surface area contributed by atoms with Gasteiger partial charge >= 0.3 is 17.6 Å². The highest BCUT2D eigenvalue weighted by Gasteiger charge is 2.25. The third-order valence-electron chi connectivity index (χ3n) is 2.28. The Hall–Kier alpha value is -2.78. The van der Waals surface area contributed by atoms with Crippen LogP contribution in [-0.4, -0.2) is 36.2 Å². The molecule has 0 spiro atoms. The molecule has 2 aromatic rings. The zero-order valence-corrected chi connectivity index (χ0v) is 11.0. The zero-order chi connectivity index (χ0) is 14.5. The first-order chi connectivity index (χ1) is 9.61. The minimum atomic E-state index is -0.601. The fraction of sp³-hybridized carbons (Fsp3) is 0.400. The minimum Gasteiger partial charge on any atom is -0.397 e. The van der Waals surface area contributed by atoms with Crippen LogP contribution in [0.4, 0.5) is 11.5 Å². The molecule has 0 fully saturated rings. The summed E-state index contributed by atoms with van der Waals surface area (Å²) in [6.07, 6.45) is 3.40. The van der Waals surface area contributed by atoms with Gasteiger partial charge in [0.2, 0.25) is 5.82 Å². The smallest absolute Gasteiger partial charge is 0.373 e. The monoisotopic (exact) mass is 279 g/mol. The fourth-order valence-corrected chi connectivity index (χ4v) is 1.43. The van der Waals surface area contributed by atoms with Gasteiger partial charge in [-0.1, -0.05) is 6.92 Å². The minimum absolute atomic E-state index is 0.0178. The topological polar surface area (TPSA) is 121 Å². The maximum Gasteiger partial charge on any atom is 0.373 e. The lowest BCUT2D eigenvalue weighted by Gasteiger charge is -2.06. The van der Waals surface area contributed by atoms with Crippen molar-refractivity contribution in [1.82, 2.24) is 24.7 Å². The first-order valence-electron chi connectivity index (χ1n) is 5.88. The third kappa shape index (κ3) is 2.96. The zero-order valence-electron chi connectivity index (χ0n) is 11.0. The second kappa shape index (κ2) is 5.91. The van der Waals surface area contributed by atoms with E-state index in [9.17, 15) is 10.1 Å². The molecule has 0 bridgehead atoms. The van der Waals surface area contributed by atoms with E-state index >= 15 is 0 Å². The van der Waals surface area contributed by atoms with E-state index in [4.69, 9.17) is 4.74 Å². The normalized spacial score (nSPS) is 10.3. The number of aryl methyl sites for hydroxylation is 1. The molecular weight excluding hydrogens is 266 g/mol. The molecular formula is C10H13N7O3. The third-order valence-corrected chi connectivity index (χ3v) is 2.28. The van der Waals surface area contributed by atoms with Gasteiger partial charge in [0.05, 0.1) is 4.92 Å². The van der Waals surface area contributed by atoms with Crippen LogP contribution in [0.5, 0.6) is 11.9 Å². The van der Waals surface area contributed by atoms with Gasteiger partial charge in [-0.2, -0.15) is 9.97 Å². The Morgan fingerprint density at radius 1 is 1.45 bits per heavy atom. The van der Waals surface area contributed by atoms with Crippen LogP contribution in [0, 0.1) is 10.1 Å². The Labute approximate surface area is 114 Å². The van der Waals surface area contributed by atoms with Crippen molar-refractivity contribution in [3.05, 3.63) is 22.8 Å². The van der Waals surface area contributed by atoms with Crippen molar-refractivity contribution in [2.45, 2.75) is 13.3 Å². The summed E-state index contributed by atoms with van der Waals surface area (Å²) in [6, 6.07) is -0.0178. The van der Waals surface area contributed by atoms with E-state index < -0.39 is 4.92 Å². The molecule has 0 atom stereocenters. The summed E-state index contributed by atoms with van der Waals surface area (Å²) in [7, 11) is 1.66. The van der Waals surface area contributed by atoms with E-state index in [1.54, 1.807) is 7.05 Å². The lowest BCUT2D eigenvalue weighted by atomic mass is 10.4. The molecule has 20 heavy (non-hydrogen) atoms. The number of nitrogens with zero attached hydrogens (tertiary/aromatic N) is 6. The van der Waals surface area contributed by atoms with Crippen molar-refractivity contribution in [3.8, 4) is 11.9 Å². The van der Waals surface area contributed by atoms with Crippen LogP contribution in [0.25, 0.3) is 0 Å². The molecule has 0 aromatic carbocycles. The summed E-state index contributed by atoms with van der Waals surface area (Å²) in [5.74, 6) is -0.0902. The highest BCUT2D eigenvalue weighted by atomic mass is 16.6. The number of hydrogen-bond acceptors (Lipinski definition) is 8. The van der Waals surface area contributed by atoms with Gasteiger partial charge in [-0.25, -0.2) is 4.98 Å². The average Bonchev–Trinajstić information content (AvgIpc) is 2.81. The van der Waals surface area contributed by atoms with Gasteiger partial charge in [0.25, 0.3) is 0 Å². The van der Waals surface area contributed by atoms with E-state index in [0.717, 1.165) is 6.42 Å². The number of nitrogens with one attached hydrogen (secondary N) is 1. The molecule has 10 nitrogen and oxygen atoms in total. The maximum absolute atomic E-state index is 11.2. The van der Waals surface area contributed by atoms with Crippen LogP contribution in [0.1, 0.15) is 13.3 Å². The quantitative estimate of drug-likeness (QED) is 0.616. The Bertz CT molecular complexity index is 613. The van der Waals surface area contributed by atoms with E-state index in [1.165, 1.54) is 17.3 Å². The van der Waals surface area contributed by atoms with Gasteiger partial charge in [0.1, 0.15) is 12.7 Å². The van der Waals surface area contributed by atoms with E-state index in [0.29, 0.717) is 6.54 Å². The molecule has 0 saturated carbocycles. The van der Waals surface area contributed by atoms with E-state index in [1.807, 2.05) is 6.92 Å². The van der Waals surface area contributed by atoms with Crippen molar-refractivity contribution in [2.75, 3.05) is 11.9 Å². The first kappa shape index (κ1) is 13.6. The van der Waals surface area contributed by atoms with Crippen LogP contribution in [0.2, 0.25) is 0 Å². The lowest BCUT2D eigenvalue weighted by molar-refractivity contribution is -0.385. The summed E-state index contributed by atoms with van der Waals surface area (Å²) in [6.45, 7) is 2.49. The Kier molecular flexibility index (Phi) is 4.03. The number of rotatable bonds is 6. The van der Waals surface area contributed by atoms with Crippen LogP contribution < -0.4 is 10.1 Å². The molecule has 2 aromatic heterocycles. The van der Waals surface area contributed by atoms with E-state index in [2.05, 4.69) is 25.4 Å². The molecule has 0 aliphatic carbocycles. The van der Waals surface area contributed by atoms with Crippen LogP contribution in [0.15, 0.2) is 12.7 Å². The number of aromatic nitrogens is 5. The molecule has 0 aliphatic rings. The number of hydrogen-bond donors (Lipinski definition) is 1. The fourth-order valence-electron chi connectivity index (χ4n) is 1.43. The molecule has 0 saturated heterocycles. The molecule has 1 N–H and O–H groups in total. The molecule has 2 heterocycles. The molecule has 2 rings (SSSR count). The van der Waals surface area contributed by atoms with Gasteiger partial charge in [-0.15, -0.1) is 5.10 Å². The molecule has 106 valence electrons. The van der Waals surface area contributed by atoms with Gasteiger partial charge in [-0.3, -0.25) is 14.8 Å². The van der Waals surface area contributed by atoms with Crippen molar-refractivity contribution >= 4 is 11.5 Å². The first-order valence-corrected chi connectivity index (χ1v) is 5.88. The molecule has 10 heteroatoms. The van der Waals surface area contributed by atoms with Crippen LogP contribution in [-0.2, 0) is 7.05 Å². The van der Waals surface area contributed by atoms with Crippen molar-refractivity contribution < 1.29 is 9.66 Å². The van der Waals surface area contributed by atoms with Crippen LogP contribution in [0.3, 0.4) is 0 Å². The highest BCUT2D eigenvalue weighted by Crippen LogP contribution is 2.32. The summed E-state index contributed by atoms with van der Waals surface area (Å²) in [5, 5.41) is 17.9. The Morgan fingerprint density at radius 3 is 2.85 bits per heavy atom. The standard InChI is InChI=1S/C10H13N7O3/c1-3-4-11-8-7(17(18)19)9(13-5-12-8)20-10-14-6-16(2)15-10/h5-6H,3-4H2,1-2H3,(H,11,12,13). The van der Waals surface area contributed by atoms with Crippen LogP contribution >= 0.6 is 0 Å². The SMILES string of the molecule is CCCNc1ncnc(Oc2ncn(C)n2)c1[N+](=O)[O-]. The molecule has 0 radical (unpaired) electrons. The predicted molar refractivity (Wildman–Crippen MR) is 68.5 cm³/mol. The number of anilines is 1. The van der Waals surface area contributed by atoms with Crippen molar-refractivity contribution in [1.29, 1.82) is 0 Å². The average molecular weight is 279 g/mol. The predicted octanol–water partition coefficient (Wildman–Crippen LogP) is 1.13. The summed E-state index contributed by atoms with van der Waals surface area (Å²) >= 11 is 0. The lowest BCUT2D eigenvalue weighted by Crippen LogP contribution is -2.07. The second-order valence-electron chi connectivity index (χ2n) is 3.86. The number of ether oxygens (including phenoxy) is 1. The maximum atomic E-state index is 11.2. The largest absolute Gasteiger partial charge is 0.397 e. The Balaban J connectivity index is 2.33. The summed E-state index contributed by atoms with van der Waals surface area (Å²) < 4.78 is 6.65. The Morgan fingerprint density at radius 2 is 2.25 bits per heavy atom. The second-order valence-corrected chi connectivity index (χ2v) is 3.86. The van der Waals surface area contributed by atoms with Gasteiger partial charge in [0, 0.05) is 13.6 Å². The molecule has 0 aliphatic heterocycles. The molecule has 0 amide bonds. The van der Waals surface area contributed by atoms with Crippen molar-refractivity contribution in [3.63, 3.8) is 0 Å². The van der Waals surface area contributed by atoms with E-state index in [-0.39, 0.29) is 23.4 Å². The van der Waals surface area contributed by atoms with Crippen molar-refractivity contribution in [2.24, 2.45) is 7.05 Å². The summed E-state index contributed by atoms with van der Waals surface area (Å²) in [4.78, 5) is 22.0. The number of nitro groups is 1. The van der Waals surface area contributed by atoms with Gasteiger partial charge in [0.15, 0.2) is 0 Å². The molecule has 0 unspecified atom stereocenters. The van der Waals surface area contributed by atoms with Gasteiger partial charge in [-0.05, 0) is 6.42 Å². The summed E-state index contributed by atoms with van der Waals surface area (Å²) in [5.41, 5.74) is -0.339. The highest BCUT2D eigenvalue weighted by molar-refractivity contribution is 5.61. The van der Waals surface area contributed by atoms with Gasteiger partial charge < -0.3 is 10.1 Å².